The molecule has 2 rings (SSSR count). The first-order valence-corrected chi connectivity index (χ1v) is 9.45. The number of benzene rings is 1. The van der Waals surface area contributed by atoms with E-state index in [1.54, 1.807) is 0 Å². The molecule has 0 aliphatic heterocycles. The summed E-state index contributed by atoms with van der Waals surface area (Å²) in [4.78, 5) is 12.3. The largest absolute Gasteiger partial charge is 0.360 e. The smallest absolute Gasteiger partial charge is 0.237 e. The molecule has 2 N–H and O–H groups in total. The third-order valence-electron chi connectivity index (χ3n) is 3.21. The molecule has 0 aliphatic rings. The zero-order valence-electron chi connectivity index (χ0n) is 13.6. The molecule has 0 saturated carbocycles. The fourth-order valence-corrected chi connectivity index (χ4v) is 3.75. The lowest BCUT2D eigenvalue weighted by atomic mass is 10.1. The molecule has 1 aromatic carbocycles. The van der Waals surface area contributed by atoms with Crippen LogP contribution in [-0.2, 0) is 11.2 Å². The molecular formula is C16H22N4OS2. The summed E-state index contributed by atoms with van der Waals surface area (Å²) in [7, 11) is 0. The number of rotatable bonds is 8. The minimum absolute atomic E-state index is 0.0301. The Morgan fingerprint density at radius 3 is 2.65 bits per heavy atom. The van der Waals surface area contributed by atoms with Gasteiger partial charge in [0.15, 0.2) is 4.34 Å². The Kier molecular flexibility index (Phi) is 6.85. The van der Waals surface area contributed by atoms with Gasteiger partial charge in [0.1, 0.15) is 0 Å². The molecule has 1 aromatic heterocycles. The summed E-state index contributed by atoms with van der Waals surface area (Å²) in [5.41, 5.74) is 2.08. The molecule has 0 radical (unpaired) electrons. The van der Waals surface area contributed by atoms with Crippen LogP contribution in [0.1, 0.15) is 32.8 Å². The van der Waals surface area contributed by atoms with Crippen LogP contribution in [-0.4, -0.2) is 27.9 Å². The van der Waals surface area contributed by atoms with Gasteiger partial charge in [-0.1, -0.05) is 49.1 Å². The maximum atomic E-state index is 12.3. The number of anilines is 2. The Morgan fingerprint density at radius 2 is 2.00 bits per heavy atom. The Hall–Kier alpha value is -1.60. The van der Waals surface area contributed by atoms with Gasteiger partial charge >= 0.3 is 0 Å². The molecule has 1 amide bonds. The molecule has 5 nitrogen and oxygen atoms in total. The van der Waals surface area contributed by atoms with Gasteiger partial charge < -0.3 is 10.6 Å². The van der Waals surface area contributed by atoms with E-state index in [4.69, 9.17) is 0 Å². The van der Waals surface area contributed by atoms with E-state index in [0.29, 0.717) is 0 Å². The molecule has 0 unspecified atom stereocenters. The van der Waals surface area contributed by atoms with Crippen LogP contribution in [0.25, 0.3) is 0 Å². The summed E-state index contributed by atoms with van der Waals surface area (Å²) in [6.45, 7) is 6.96. The standard InChI is InChI=1S/C16H22N4OS2/c1-4-10-17-15-19-20-16(23-15)22-11(3)14(21)18-13-8-6-12(5-2)7-9-13/h6-9,11H,4-5,10H2,1-3H3,(H,17,19)(H,18,21)/t11-/m0/s1. The Labute approximate surface area is 145 Å². The Balaban J connectivity index is 1.87. The van der Waals surface area contributed by atoms with Crippen molar-refractivity contribution in [3.63, 3.8) is 0 Å². The third kappa shape index (κ3) is 5.51. The van der Waals surface area contributed by atoms with Crippen molar-refractivity contribution in [1.29, 1.82) is 0 Å². The molecule has 2 aromatic rings. The number of amides is 1. The normalized spacial score (nSPS) is 12.0. The van der Waals surface area contributed by atoms with Gasteiger partial charge in [-0.15, -0.1) is 10.2 Å². The second kappa shape index (κ2) is 8.88. The lowest BCUT2D eigenvalue weighted by molar-refractivity contribution is -0.115. The number of aromatic nitrogens is 2. The van der Waals surface area contributed by atoms with Crippen LogP contribution in [0.2, 0.25) is 0 Å². The number of thioether (sulfide) groups is 1. The van der Waals surface area contributed by atoms with Crippen molar-refractivity contribution < 1.29 is 4.79 Å². The van der Waals surface area contributed by atoms with Crippen molar-refractivity contribution in [1.82, 2.24) is 10.2 Å². The number of aryl methyl sites for hydroxylation is 1. The lowest BCUT2D eigenvalue weighted by Gasteiger charge is -2.10. The Morgan fingerprint density at radius 1 is 1.26 bits per heavy atom. The van der Waals surface area contributed by atoms with Gasteiger partial charge in [-0.25, -0.2) is 0 Å². The van der Waals surface area contributed by atoms with Gasteiger partial charge in [-0.05, 0) is 37.5 Å². The van der Waals surface area contributed by atoms with E-state index in [1.165, 1.54) is 28.7 Å². The molecular weight excluding hydrogens is 328 g/mol. The first-order valence-electron chi connectivity index (χ1n) is 7.76. The fourth-order valence-electron chi connectivity index (χ4n) is 1.83. The molecule has 0 fully saturated rings. The van der Waals surface area contributed by atoms with Gasteiger partial charge in [-0.3, -0.25) is 4.79 Å². The van der Waals surface area contributed by atoms with Crippen LogP contribution >= 0.6 is 23.1 Å². The molecule has 0 bridgehead atoms. The minimum atomic E-state index is -0.229. The minimum Gasteiger partial charge on any atom is -0.360 e. The summed E-state index contributed by atoms with van der Waals surface area (Å²) in [6, 6.07) is 7.94. The number of nitrogens with zero attached hydrogens (tertiary/aromatic N) is 2. The van der Waals surface area contributed by atoms with E-state index in [9.17, 15) is 4.79 Å². The predicted molar refractivity (Wildman–Crippen MR) is 98.5 cm³/mol. The third-order valence-corrected chi connectivity index (χ3v) is 5.27. The van der Waals surface area contributed by atoms with E-state index in [-0.39, 0.29) is 11.2 Å². The Bertz CT molecular complexity index is 627. The van der Waals surface area contributed by atoms with E-state index < -0.39 is 0 Å². The summed E-state index contributed by atoms with van der Waals surface area (Å²) < 4.78 is 0.799. The maximum Gasteiger partial charge on any atom is 0.237 e. The van der Waals surface area contributed by atoms with Gasteiger partial charge in [0.05, 0.1) is 5.25 Å². The second-order valence-corrected chi connectivity index (χ2v) is 7.67. The van der Waals surface area contributed by atoms with E-state index in [1.807, 2.05) is 31.2 Å². The van der Waals surface area contributed by atoms with Gasteiger partial charge in [0.2, 0.25) is 11.0 Å². The van der Waals surface area contributed by atoms with Crippen molar-refractivity contribution in [2.75, 3.05) is 17.2 Å². The zero-order valence-corrected chi connectivity index (χ0v) is 15.3. The number of carbonyl (C=O) groups excluding carboxylic acids is 1. The van der Waals surface area contributed by atoms with Crippen LogP contribution in [0.15, 0.2) is 28.6 Å². The quantitative estimate of drug-likeness (QED) is 0.703. The van der Waals surface area contributed by atoms with Crippen molar-refractivity contribution >= 4 is 39.8 Å². The first-order chi connectivity index (χ1) is 11.1. The van der Waals surface area contributed by atoms with Gasteiger partial charge in [-0.2, -0.15) is 0 Å². The number of hydrogen-bond acceptors (Lipinski definition) is 6. The molecule has 0 spiro atoms. The topological polar surface area (TPSA) is 66.9 Å². The van der Waals surface area contributed by atoms with Gasteiger partial charge in [0, 0.05) is 12.2 Å². The fraction of sp³-hybridized carbons (Fsp3) is 0.438. The molecule has 0 saturated heterocycles. The van der Waals surface area contributed by atoms with Crippen LogP contribution in [0, 0.1) is 0 Å². The highest BCUT2D eigenvalue weighted by Crippen LogP contribution is 2.29. The average molecular weight is 351 g/mol. The van der Waals surface area contributed by atoms with Crippen LogP contribution in [0.3, 0.4) is 0 Å². The van der Waals surface area contributed by atoms with Crippen molar-refractivity contribution in [2.24, 2.45) is 0 Å². The first kappa shape index (κ1) is 17.7. The number of carbonyl (C=O) groups is 1. The average Bonchev–Trinajstić information content (AvgIpc) is 3.01. The molecule has 124 valence electrons. The van der Waals surface area contributed by atoms with Crippen LogP contribution < -0.4 is 10.6 Å². The summed E-state index contributed by atoms with van der Waals surface area (Å²) in [5.74, 6) is -0.0301. The van der Waals surface area contributed by atoms with Gasteiger partial charge in [0.25, 0.3) is 0 Å². The van der Waals surface area contributed by atoms with Crippen molar-refractivity contribution in [3.05, 3.63) is 29.8 Å². The van der Waals surface area contributed by atoms with E-state index in [0.717, 1.165) is 34.5 Å². The maximum absolute atomic E-state index is 12.3. The highest BCUT2D eigenvalue weighted by Gasteiger charge is 2.17. The number of hydrogen-bond donors (Lipinski definition) is 2. The van der Waals surface area contributed by atoms with E-state index in [2.05, 4.69) is 34.7 Å². The molecule has 7 heteroatoms. The van der Waals surface area contributed by atoms with Crippen LogP contribution in [0.4, 0.5) is 10.8 Å². The van der Waals surface area contributed by atoms with Crippen LogP contribution in [0.5, 0.6) is 0 Å². The molecule has 1 atom stereocenters. The van der Waals surface area contributed by atoms with E-state index >= 15 is 0 Å². The number of nitrogens with one attached hydrogen (secondary N) is 2. The summed E-state index contributed by atoms with van der Waals surface area (Å²) in [5, 5.41) is 14.9. The summed E-state index contributed by atoms with van der Waals surface area (Å²) >= 11 is 2.91. The monoisotopic (exact) mass is 350 g/mol. The molecule has 23 heavy (non-hydrogen) atoms. The zero-order chi connectivity index (χ0) is 16.7. The SMILES string of the molecule is CCCNc1nnc(S[C@@H](C)C(=O)Nc2ccc(CC)cc2)s1. The summed E-state index contributed by atoms with van der Waals surface area (Å²) in [6.07, 6.45) is 2.03. The van der Waals surface area contributed by atoms with Crippen molar-refractivity contribution in [2.45, 2.75) is 43.2 Å². The molecule has 1 heterocycles. The second-order valence-electron chi connectivity index (χ2n) is 5.10. The molecule has 0 aliphatic carbocycles. The lowest BCUT2D eigenvalue weighted by Crippen LogP contribution is -2.22. The highest BCUT2D eigenvalue weighted by molar-refractivity contribution is 8.02. The highest BCUT2D eigenvalue weighted by atomic mass is 32.2. The predicted octanol–water partition coefficient (Wildman–Crippen LogP) is 4.04. The van der Waals surface area contributed by atoms with Crippen molar-refractivity contribution in [3.8, 4) is 0 Å².